The van der Waals surface area contributed by atoms with Gasteiger partial charge in [0.1, 0.15) is 0 Å². The fourth-order valence-corrected chi connectivity index (χ4v) is 12.7. The van der Waals surface area contributed by atoms with Crippen molar-refractivity contribution >= 4 is 26.6 Å². The van der Waals surface area contributed by atoms with E-state index in [9.17, 15) is 0 Å². The Morgan fingerprint density at radius 1 is 0.536 bits per heavy atom. The van der Waals surface area contributed by atoms with Gasteiger partial charge in [-0.05, 0) is 0 Å². The maximum absolute atomic E-state index is 5.37. The zero-order chi connectivity index (χ0) is 19.2. The summed E-state index contributed by atoms with van der Waals surface area (Å²) < 4.78 is 9.77. The molecule has 2 heteroatoms. The quantitative estimate of drug-likeness (QED) is 0.424. The van der Waals surface area contributed by atoms with Crippen LogP contribution >= 0.6 is 0 Å². The van der Waals surface area contributed by atoms with Crippen LogP contribution in [0.2, 0.25) is 0 Å². The van der Waals surface area contributed by atoms with E-state index in [1.807, 2.05) is 0 Å². The van der Waals surface area contributed by atoms with E-state index < -0.39 is 13.6 Å². The Morgan fingerprint density at radius 2 is 0.929 bits per heavy atom. The second-order valence-corrected chi connectivity index (χ2v) is 14.1. The Kier molecular flexibility index (Phi) is 5.65. The van der Waals surface area contributed by atoms with E-state index in [0.717, 1.165) is 11.0 Å². The minimum atomic E-state index is -2.70. The van der Waals surface area contributed by atoms with Gasteiger partial charge < -0.3 is 0 Å². The van der Waals surface area contributed by atoms with E-state index >= 15 is 0 Å². The Morgan fingerprint density at radius 3 is 1.29 bits per heavy atom. The van der Waals surface area contributed by atoms with Crippen LogP contribution in [0.25, 0.3) is 0 Å². The van der Waals surface area contributed by atoms with Gasteiger partial charge in [-0.3, -0.25) is 0 Å². The van der Waals surface area contributed by atoms with Crippen LogP contribution in [-0.4, -0.2) is 20.7 Å². The second kappa shape index (κ2) is 8.50. The third-order valence-electron chi connectivity index (χ3n) is 5.17. The van der Waals surface area contributed by atoms with Crippen LogP contribution in [0, 0.1) is 0 Å². The molecule has 4 aromatic rings. The number of hydrogen-bond acceptors (Lipinski definition) is 1. The van der Waals surface area contributed by atoms with Crippen LogP contribution in [0.1, 0.15) is 5.56 Å². The summed E-state index contributed by atoms with van der Waals surface area (Å²) in [5, 5.41) is 1.04. The van der Waals surface area contributed by atoms with Crippen molar-refractivity contribution < 1.29 is 4.74 Å². The first-order valence-corrected chi connectivity index (χ1v) is 13.6. The van der Waals surface area contributed by atoms with Crippen molar-refractivity contribution in [2.24, 2.45) is 0 Å². The van der Waals surface area contributed by atoms with Gasteiger partial charge in [-0.25, -0.2) is 0 Å². The van der Waals surface area contributed by atoms with E-state index in [1.165, 1.54) is 18.6 Å². The number of hydrogen-bond donors (Lipinski definition) is 0. The molecule has 0 amide bonds. The normalized spacial score (nSPS) is 11.2. The van der Waals surface area contributed by atoms with Crippen molar-refractivity contribution in [3.8, 4) is 5.75 Å². The maximum atomic E-state index is 5.37. The average Bonchev–Trinajstić information content (AvgIpc) is 2.80. The van der Waals surface area contributed by atoms with E-state index in [0.29, 0.717) is 0 Å². The molecule has 1 nitrogen and oxygen atoms in total. The molecule has 0 aliphatic carbocycles. The molecule has 4 aromatic carbocycles. The molecule has 0 atom stereocenters. The van der Waals surface area contributed by atoms with Gasteiger partial charge in [0.15, 0.2) is 0 Å². The van der Waals surface area contributed by atoms with Crippen molar-refractivity contribution in [1.29, 1.82) is 0 Å². The van der Waals surface area contributed by atoms with E-state index in [4.69, 9.17) is 4.74 Å². The standard InChI is InChI=1S/C26H24AsO/c1-28-26-19-17-22(18-20-26)21-27(23-11-5-2-6-12-23,24-13-7-3-8-14-24)25-15-9-4-10-16-25/h2-20H,21H2,1H3/q+1. The van der Waals surface area contributed by atoms with E-state index in [1.54, 1.807) is 7.11 Å². The summed E-state index contributed by atoms with van der Waals surface area (Å²) in [7, 11) is 1.72. The van der Waals surface area contributed by atoms with Gasteiger partial charge in [0, 0.05) is 0 Å². The van der Waals surface area contributed by atoms with Crippen LogP contribution in [0.5, 0.6) is 5.75 Å². The predicted molar refractivity (Wildman–Crippen MR) is 121 cm³/mol. The number of ether oxygens (including phenoxy) is 1. The summed E-state index contributed by atoms with van der Waals surface area (Å²) in [5.74, 6) is 0.902. The first-order chi connectivity index (χ1) is 13.8. The fourth-order valence-electron chi connectivity index (χ4n) is 3.77. The van der Waals surface area contributed by atoms with Crippen LogP contribution in [0.3, 0.4) is 0 Å². The topological polar surface area (TPSA) is 9.23 Å². The Bertz CT molecular complexity index is 900. The molecule has 0 spiro atoms. The van der Waals surface area contributed by atoms with E-state index in [-0.39, 0.29) is 0 Å². The SMILES string of the molecule is COc1ccc(C[As+](c2ccccc2)(c2ccccc2)c2ccccc2)cc1. The third kappa shape index (κ3) is 3.63. The summed E-state index contributed by atoms with van der Waals surface area (Å²) in [6.45, 7) is 0. The fraction of sp³-hybridized carbons (Fsp3) is 0.0769. The zero-order valence-electron chi connectivity index (χ0n) is 16.0. The molecule has 0 heterocycles. The number of benzene rings is 4. The van der Waals surface area contributed by atoms with Crippen molar-refractivity contribution in [1.82, 2.24) is 0 Å². The molecule has 0 radical (unpaired) electrons. The van der Waals surface area contributed by atoms with Crippen LogP contribution in [0.15, 0.2) is 115 Å². The van der Waals surface area contributed by atoms with Crippen molar-refractivity contribution in [3.63, 3.8) is 0 Å². The first kappa shape index (κ1) is 18.6. The summed E-state index contributed by atoms with van der Waals surface area (Å²) >= 11 is -2.70. The predicted octanol–water partition coefficient (Wildman–Crippen LogP) is 3.95. The monoisotopic (exact) mass is 427 g/mol. The van der Waals surface area contributed by atoms with Crippen molar-refractivity contribution in [2.75, 3.05) is 7.11 Å². The zero-order valence-corrected chi connectivity index (χ0v) is 17.9. The molecule has 0 N–H and O–H groups in total. The molecule has 0 aromatic heterocycles. The van der Waals surface area contributed by atoms with Crippen LogP contribution in [0.4, 0.5) is 0 Å². The molecule has 4 rings (SSSR count). The minimum absolute atomic E-state index is 0.902. The summed E-state index contributed by atoms with van der Waals surface area (Å²) in [5.41, 5.74) is 1.35. The summed E-state index contributed by atoms with van der Waals surface area (Å²) in [6, 6.07) is 41.8. The molecular weight excluding hydrogens is 403 g/mol. The first-order valence-electron chi connectivity index (χ1n) is 9.51. The Labute approximate surface area is 170 Å². The van der Waals surface area contributed by atoms with Gasteiger partial charge in [-0.2, -0.15) is 0 Å². The number of methoxy groups -OCH3 is 1. The molecule has 0 aliphatic heterocycles. The molecule has 0 saturated heterocycles. The Hall–Kier alpha value is -2.76. The second-order valence-electron chi connectivity index (χ2n) is 6.82. The number of rotatable bonds is 6. The average molecular weight is 427 g/mol. The molecule has 0 unspecified atom stereocenters. The van der Waals surface area contributed by atoms with Gasteiger partial charge in [0.25, 0.3) is 0 Å². The van der Waals surface area contributed by atoms with Crippen molar-refractivity contribution in [2.45, 2.75) is 5.21 Å². The molecule has 28 heavy (non-hydrogen) atoms. The van der Waals surface area contributed by atoms with Gasteiger partial charge in [0.2, 0.25) is 0 Å². The van der Waals surface area contributed by atoms with Gasteiger partial charge in [-0.1, -0.05) is 0 Å². The Balaban J connectivity index is 1.95. The van der Waals surface area contributed by atoms with Crippen LogP contribution in [-0.2, 0) is 5.21 Å². The van der Waals surface area contributed by atoms with Gasteiger partial charge >= 0.3 is 170 Å². The molecule has 0 bridgehead atoms. The van der Waals surface area contributed by atoms with Crippen LogP contribution < -0.4 is 17.8 Å². The molecule has 0 fully saturated rings. The molecular formula is C26H24AsO+. The summed E-state index contributed by atoms with van der Waals surface area (Å²) in [4.78, 5) is 0. The van der Waals surface area contributed by atoms with E-state index in [2.05, 4.69) is 115 Å². The molecule has 138 valence electrons. The molecule has 0 saturated carbocycles. The third-order valence-corrected chi connectivity index (χ3v) is 14.4. The van der Waals surface area contributed by atoms with Gasteiger partial charge in [0.05, 0.1) is 0 Å². The summed E-state index contributed by atoms with van der Waals surface area (Å²) in [6.07, 6.45) is 0. The molecule has 0 aliphatic rings. The van der Waals surface area contributed by atoms with Gasteiger partial charge in [-0.15, -0.1) is 0 Å². The van der Waals surface area contributed by atoms with Crippen molar-refractivity contribution in [3.05, 3.63) is 121 Å².